The number of thiazole rings is 1. The van der Waals surface area contributed by atoms with E-state index in [1.54, 1.807) is 24.3 Å². The summed E-state index contributed by atoms with van der Waals surface area (Å²) in [4.78, 5) is 48.4. The van der Waals surface area contributed by atoms with Gasteiger partial charge in [-0.15, -0.1) is 0 Å². The number of anilines is 2. The maximum atomic E-state index is 12.9. The van der Waals surface area contributed by atoms with Gasteiger partial charge in [-0.3, -0.25) is 19.0 Å². The minimum atomic E-state index is -0.383. The molecule has 1 aliphatic rings. The Hall–Kier alpha value is -2.98. The monoisotopic (exact) mass is 474 g/mol. The second-order valence-electron chi connectivity index (χ2n) is 7.53. The number of hydrogen-bond acceptors (Lipinski definition) is 7. The zero-order valence-corrected chi connectivity index (χ0v) is 19.1. The standard InChI is InChI=1S/C21H23ClN6O3S/c1-2-23-19(30)13-6-5-9-27(10-13)21-26-18-17(32-21)20(31)28(12-24-18)11-16(29)25-15-8-4-3-7-14(15)22/h3-4,7-8,12-13H,2,5-6,9-11H2,1H3,(H,23,30)(H,25,29)/t13-/m0/s1. The molecule has 0 radical (unpaired) electrons. The van der Waals surface area contributed by atoms with E-state index in [4.69, 9.17) is 11.6 Å². The van der Waals surface area contributed by atoms with E-state index in [-0.39, 0.29) is 29.8 Å². The highest BCUT2D eigenvalue weighted by molar-refractivity contribution is 7.22. The number of aromatic nitrogens is 3. The van der Waals surface area contributed by atoms with Crippen LogP contribution in [-0.4, -0.2) is 46.0 Å². The molecule has 0 saturated carbocycles. The Labute approximate surface area is 193 Å². The van der Waals surface area contributed by atoms with Crippen LogP contribution in [0.1, 0.15) is 19.8 Å². The Morgan fingerprint density at radius 1 is 1.31 bits per heavy atom. The van der Waals surface area contributed by atoms with E-state index < -0.39 is 0 Å². The number of carbonyl (C=O) groups excluding carboxylic acids is 2. The first-order valence-corrected chi connectivity index (χ1v) is 11.6. The maximum Gasteiger partial charge on any atom is 0.273 e. The molecule has 4 rings (SSSR count). The normalized spacial score (nSPS) is 16.2. The van der Waals surface area contributed by atoms with Crippen molar-refractivity contribution >= 4 is 55.9 Å². The topological polar surface area (TPSA) is 109 Å². The van der Waals surface area contributed by atoms with E-state index in [0.29, 0.717) is 39.3 Å². The molecular formula is C21H23ClN6O3S. The van der Waals surface area contributed by atoms with Crippen LogP contribution in [0.5, 0.6) is 0 Å². The zero-order valence-electron chi connectivity index (χ0n) is 17.5. The molecule has 9 nitrogen and oxygen atoms in total. The minimum Gasteiger partial charge on any atom is -0.356 e. The quantitative estimate of drug-likeness (QED) is 0.568. The van der Waals surface area contributed by atoms with E-state index in [1.165, 1.54) is 22.2 Å². The highest BCUT2D eigenvalue weighted by Crippen LogP contribution is 2.29. The summed E-state index contributed by atoms with van der Waals surface area (Å²) in [5.41, 5.74) is 0.497. The van der Waals surface area contributed by atoms with Gasteiger partial charge in [-0.25, -0.2) is 4.98 Å². The lowest BCUT2D eigenvalue weighted by molar-refractivity contribution is -0.125. The van der Waals surface area contributed by atoms with Crippen molar-refractivity contribution in [3.8, 4) is 0 Å². The van der Waals surface area contributed by atoms with Gasteiger partial charge in [0.2, 0.25) is 11.8 Å². The van der Waals surface area contributed by atoms with Crippen molar-refractivity contribution < 1.29 is 9.59 Å². The molecule has 0 spiro atoms. The Morgan fingerprint density at radius 3 is 2.91 bits per heavy atom. The van der Waals surface area contributed by atoms with Gasteiger partial charge in [-0.1, -0.05) is 35.1 Å². The van der Waals surface area contributed by atoms with Crippen molar-refractivity contribution in [1.29, 1.82) is 0 Å². The Morgan fingerprint density at radius 2 is 2.12 bits per heavy atom. The van der Waals surface area contributed by atoms with Gasteiger partial charge in [0.15, 0.2) is 10.8 Å². The average molecular weight is 475 g/mol. The summed E-state index contributed by atoms with van der Waals surface area (Å²) in [6, 6.07) is 6.89. The molecule has 11 heteroatoms. The minimum absolute atomic E-state index is 0.0447. The third-order valence-corrected chi connectivity index (χ3v) is 6.67. The number of amides is 2. The number of rotatable bonds is 6. The summed E-state index contributed by atoms with van der Waals surface area (Å²) < 4.78 is 1.64. The molecule has 1 saturated heterocycles. The summed E-state index contributed by atoms with van der Waals surface area (Å²) in [5, 5.41) is 6.66. The van der Waals surface area contributed by atoms with Crippen LogP contribution in [0.3, 0.4) is 0 Å². The molecule has 1 atom stereocenters. The van der Waals surface area contributed by atoms with E-state index in [1.807, 2.05) is 11.8 Å². The molecular weight excluding hydrogens is 452 g/mol. The van der Waals surface area contributed by atoms with Crippen molar-refractivity contribution in [3.05, 3.63) is 46.0 Å². The predicted octanol–water partition coefficient (Wildman–Crippen LogP) is 2.50. The molecule has 2 amide bonds. The fourth-order valence-corrected chi connectivity index (χ4v) is 4.86. The van der Waals surface area contributed by atoms with Gasteiger partial charge in [0, 0.05) is 19.6 Å². The molecule has 0 bridgehead atoms. The third-order valence-electron chi connectivity index (χ3n) is 5.25. The van der Waals surface area contributed by atoms with Crippen molar-refractivity contribution in [2.24, 2.45) is 5.92 Å². The second-order valence-corrected chi connectivity index (χ2v) is 8.92. The molecule has 1 fully saturated rings. The number of benzene rings is 1. The number of nitrogens with zero attached hydrogens (tertiary/aromatic N) is 4. The number of piperidine rings is 1. The number of fused-ring (bicyclic) bond motifs is 1. The molecule has 0 aliphatic carbocycles. The van der Waals surface area contributed by atoms with Crippen LogP contribution in [0.25, 0.3) is 10.3 Å². The Kier molecular flexibility index (Phi) is 6.71. The van der Waals surface area contributed by atoms with E-state index in [0.717, 1.165) is 19.4 Å². The third kappa shape index (κ3) is 4.76. The van der Waals surface area contributed by atoms with Crippen molar-refractivity contribution in [2.75, 3.05) is 29.9 Å². The first-order valence-electron chi connectivity index (χ1n) is 10.4. The molecule has 3 heterocycles. The van der Waals surface area contributed by atoms with Crippen molar-refractivity contribution in [2.45, 2.75) is 26.3 Å². The first kappa shape index (κ1) is 22.2. The summed E-state index contributed by atoms with van der Waals surface area (Å²) in [5.74, 6) is -0.441. The lowest BCUT2D eigenvalue weighted by Gasteiger charge is -2.31. The Bertz CT molecular complexity index is 1210. The van der Waals surface area contributed by atoms with Crippen molar-refractivity contribution in [3.63, 3.8) is 0 Å². The van der Waals surface area contributed by atoms with Crippen LogP contribution in [-0.2, 0) is 16.1 Å². The summed E-state index contributed by atoms with van der Waals surface area (Å²) >= 11 is 7.31. The van der Waals surface area contributed by atoms with E-state index in [2.05, 4.69) is 20.6 Å². The van der Waals surface area contributed by atoms with Crippen LogP contribution in [0, 0.1) is 5.92 Å². The summed E-state index contributed by atoms with van der Waals surface area (Å²) in [7, 11) is 0. The van der Waals surface area contributed by atoms with Gasteiger partial charge in [-0.05, 0) is 31.9 Å². The van der Waals surface area contributed by atoms with Crippen LogP contribution >= 0.6 is 22.9 Å². The average Bonchev–Trinajstić information content (AvgIpc) is 3.23. The molecule has 32 heavy (non-hydrogen) atoms. The molecule has 168 valence electrons. The van der Waals surface area contributed by atoms with Crippen LogP contribution in [0.4, 0.5) is 10.8 Å². The lowest BCUT2D eigenvalue weighted by Crippen LogP contribution is -2.43. The lowest BCUT2D eigenvalue weighted by atomic mass is 9.97. The maximum absolute atomic E-state index is 12.9. The molecule has 2 N–H and O–H groups in total. The van der Waals surface area contributed by atoms with Crippen LogP contribution < -0.4 is 21.1 Å². The van der Waals surface area contributed by atoms with Crippen LogP contribution in [0.15, 0.2) is 35.4 Å². The molecule has 3 aromatic rings. The fraction of sp³-hybridized carbons (Fsp3) is 0.381. The highest BCUT2D eigenvalue weighted by atomic mass is 35.5. The fourth-order valence-electron chi connectivity index (χ4n) is 3.67. The van der Waals surface area contributed by atoms with Gasteiger partial charge in [-0.2, -0.15) is 4.98 Å². The number of carbonyl (C=O) groups is 2. The first-order chi connectivity index (χ1) is 15.5. The van der Waals surface area contributed by atoms with Crippen molar-refractivity contribution in [1.82, 2.24) is 19.9 Å². The molecule has 0 unspecified atom stereocenters. The van der Waals surface area contributed by atoms with Gasteiger partial charge in [0.1, 0.15) is 17.6 Å². The molecule has 1 aromatic carbocycles. The molecule has 1 aliphatic heterocycles. The van der Waals surface area contributed by atoms with Gasteiger partial charge in [0.25, 0.3) is 5.56 Å². The second kappa shape index (κ2) is 9.66. The van der Waals surface area contributed by atoms with Gasteiger partial charge >= 0.3 is 0 Å². The summed E-state index contributed by atoms with van der Waals surface area (Å²) in [6.07, 6.45) is 3.03. The van der Waals surface area contributed by atoms with Crippen LogP contribution in [0.2, 0.25) is 5.02 Å². The number of halogens is 1. The van der Waals surface area contributed by atoms with Gasteiger partial charge in [0.05, 0.1) is 16.6 Å². The van der Waals surface area contributed by atoms with Gasteiger partial charge < -0.3 is 15.5 Å². The summed E-state index contributed by atoms with van der Waals surface area (Å²) in [6.45, 7) is 3.63. The van der Waals surface area contributed by atoms with E-state index >= 15 is 0 Å². The predicted molar refractivity (Wildman–Crippen MR) is 125 cm³/mol. The number of nitrogens with one attached hydrogen (secondary N) is 2. The van der Waals surface area contributed by atoms with E-state index in [9.17, 15) is 14.4 Å². The highest BCUT2D eigenvalue weighted by Gasteiger charge is 2.27. The molecule has 2 aromatic heterocycles. The largest absolute Gasteiger partial charge is 0.356 e. The number of para-hydroxylation sites is 1. The Balaban J connectivity index is 1.51. The number of hydrogen-bond donors (Lipinski definition) is 2. The SMILES string of the molecule is CCNC(=O)[C@H]1CCCN(c2nc3ncn(CC(=O)Nc4ccccc4Cl)c(=O)c3s2)C1. The smallest absolute Gasteiger partial charge is 0.273 e. The zero-order chi connectivity index (χ0) is 22.7.